The van der Waals surface area contributed by atoms with Gasteiger partial charge in [-0.1, -0.05) is 13.5 Å². The molecule has 0 aromatic rings. The number of hydrogen-bond donors (Lipinski definition) is 0. The van der Waals surface area contributed by atoms with Crippen LogP contribution in [0.5, 0.6) is 0 Å². The molecule has 0 aromatic heterocycles. The van der Waals surface area contributed by atoms with Gasteiger partial charge in [-0.05, 0) is 0 Å². The fourth-order valence-electron chi connectivity index (χ4n) is 0.288. The van der Waals surface area contributed by atoms with Crippen LogP contribution in [0.4, 0.5) is 0 Å². The van der Waals surface area contributed by atoms with Gasteiger partial charge in [0.1, 0.15) is 5.78 Å². The molecular formula is C5H10NOY-. The van der Waals surface area contributed by atoms with Crippen LogP contribution in [0.1, 0.15) is 13.3 Å². The summed E-state index contributed by atoms with van der Waals surface area (Å²) in [5.74, 6) is 0.211. The van der Waals surface area contributed by atoms with Crippen LogP contribution in [0, 0.1) is 0 Å². The summed E-state index contributed by atoms with van der Waals surface area (Å²) in [6, 6.07) is 0. The Kier molecular flexibility index (Phi) is 11.1. The van der Waals surface area contributed by atoms with E-state index < -0.39 is 0 Å². The zero-order valence-electron chi connectivity index (χ0n) is 5.35. The molecule has 0 aliphatic heterocycles. The zero-order valence-corrected chi connectivity index (χ0v) is 8.19. The maximum absolute atomic E-state index is 10.3. The third kappa shape index (κ3) is 6.73. The Hall–Kier alpha value is 0.734. The second-order valence-corrected chi connectivity index (χ2v) is 1.37. The van der Waals surface area contributed by atoms with Gasteiger partial charge >= 0.3 is 0 Å². The summed E-state index contributed by atoms with van der Waals surface area (Å²) in [6.45, 7) is 2.23. The molecule has 0 atom stereocenters. The van der Waals surface area contributed by atoms with Gasteiger partial charge in [0, 0.05) is 39.1 Å². The van der Waals surface area contributed by atoms with E-state index in [-0.39, 0.29) is 38.5 Å². The molecule has 0 saturated carbocycles. The van der Waals surface area contributed by atoms with Gasteiger partial charge in [-0.2, -0.15) is 7.05 Å². The van der Waals surface area contributed by atoms with Gasteiger partial charge in [0.2, 0.25) is 0 Å². The van der Waals surface area contributed by atoms with Crippen LogP contribution in [0.25, 0.3) is 5.32 Å². The largest absolute Gasteiger partial charge is 0.659 e. The van der Waals surface area contributed by atoms with Crippen molar-refractivity contribution in [2.45, 2.75) is 13.3 Å². The van der Waals surface area contributed by atoms with Crippen molar-refractivity contribution >= 4 is 5.78 Å². The Labute approximate surface area is 75.3 Å². The van der Waals surface area contributed by atoms with Crippen molar-refractivity contribution in [1.29, 1.82) is 0 Å². The Morgan fingerprint density at radius 2 is 2.12 bits per heavy atom. The van der Waals surface area contributed by atoms with Gasteiger partial charge in [-0.25, -0.2) is 0 Å². The van der Waals surface area contributed by atoms with Crippen molar-refractivity contribution in [3.05, 3.63) is 5.32 Å². The smallest absolute Gasteiger partial charge is 0.112 e. The molecule has 0 heterocycles. The van der Waals surface area contributed by atoms with Crippen LogP contribution in [0.3, 0.4) is 0 Å². The number of hydrogen-bond acceptors (Lipinski definition) is 1. The van der Waals surface area contributed by atoms with E-state index in [1.165, 1.54) is 0 Å². The van der Waals surface area contributed by atoms with Crippen LogP contribution >= 0.6 is 0 Å². The van der Waals surface area contributed by atoms with E-state index in [1.54, 1.807) is 7.05 Å². The van der Waals surface area contributed by atoms with Gasteiger partial charge in [-0.15, -0.1) is 0 Å². The van der Waals surface area contributed by atoms with E-state index in [9.17, 15) is 4.79 Å². The minimum Gasteiger partial charge on any atom is -0.659 e. The maximum Gasteiger partial charge on any atom is 0.112 e. The Bertz CT molecular complexity index is 65.4. The maximum atomic E-state index is 10.3. The molecule has 0 aliphatic rings. The molecule has 45 valence electrons. The quantitative estimate of drug-likeness (QED) is 0.650. The number of carbonyl (C=O) groups excluding carboxylic acids is 1. The molecule has 0 N–H and O–H groups in total. The summed E-state index contributed by atoms with van der Waals surface area (Å²) in [5, 5.41) is 3.66. The van der Waals surface area contributed by atoms with Crippen molar-refractivity contribution in [2.24, 2.45) is 0 Å². The van der Waals surface area contributed by atoms with Gasteiger partial charge in [-0.3, -0.25) is 0 Å². The minimum absolute atomic E-state index is 0. The van der Waals surface area contributed by atoms with E-state index in [0.29, 0.717) is 13.0 Å². The summed E-state index contributed by atoms with van der Waals surface area (Å²) in [4.78, 5) is 10.3. The fraction of sp³-hybridized carbons (Fsp3) is 0.800. The van der Waals surface area contributed by atoms with Crippen molar-refractivity contribution in [3.63, 3.8) is 0 Å². The van der Waals surface area contributed by atoms with Crippen LogP contribution in [0.2, 0.25) is 0 Å². The average molecular weight is 189 g/mol. The molecule has 3 heteroatoms. The number of carbonyl (C=O) groups is 1. The van der Waals surface area contributed by atoms with E-state index in [0.717, 1.165) is 0 Å². The molecule has 0 spiro atoms. The molecule has 0 aliphatic carbocycles. The molecule has 2 nitrogen and oxygen atoms in total. The summed E-state index contributed by atoms with van der Waals surface area (Å²) >= 11 is 0. The van der Waals surface area contributed by atoms with Crippen molar-refractivity contribution < 1.29 is 37.5 Å². The van der Waals surface area contributed by atoms with E-state index in [4.69, 9.17) is 0 Å². The number of rotatable bonds is 3. The first-order chi connectivity index (χ1) is 3.31. The molecule has 1 radical (unpaired) electrons. The second kappa shape index (κ2) is 7.73. The molecule has 0 aromatic carbocycles. The SMILES string of the molecule is CCC(=O)C[N-]C.[Y]. The third-order valence-corrected chi connectivity index (χ3v) is 0.729. The van der Waals surface area contributed by atoms with E-state index in [1.807, 2.05) is 6.92 Å². The summed E-state index contributed by atoms with van der Waals surface area (Å²) in [5.41, 5.74) is 0. The fourth-order valence-corrected chi connectivity index (χ4v) is 0.288. The van der Waals surface area contributed by atoms with Crippen LogP contribution in [-0.2, 0) is 37.5 Å². The third-order valence-electron chi connectivity index (χ3n) is 0.729. The van der Waals surface area contributed by atoms with Gasteiger partial charge in [0.15, 0.2) is 0 Å². The van der Waals surface area contributed by atoms with Crippen LogP contribution in [0.15, 0.2) is 0 Å². The predicted molar refractivity (Wildman–Crippen MR) is 29.4 cm³/mol. The first-order valence-electron chi connectivity index (χ1n) is 2.38. The number of nitrogens with zero attached hydrogens (tertiary/aromatic N) is 1. The number of Topliss-reactive ketones (excluding diaryl/α,β-unsaturated/α-hetero) is 1. The Morgan fingerprint density at radius 3 is 2.25 bits per heavy atom. The first kappa shape index (κ1) is 11.5. The first-order valence-corrected chi connectivity index (χ1v) is 2.38. The zero-order chi connectivity index (χ0) is 5.70. The molecule has 0 amide bonds. The molecule has 8 heavy (non-hydrogen) atoms. The Morgan fingerprint density at radius 1 is 1.62 bits per heavy atom. The normalized spacial score (nSPS) is 7.75. The number of likely N-dealkylation sites (N-methyl/N-ethyl adjacent to an activating group) is 1. The summed E-state index contributed by atoms with van der Waals surface area (Å²) in [6.07, 6.45) is 0.608. The predicted octanol–water partition coefficient (Wildman–Crippen LogP) is 0.967. The molecule has 0 bridgehead atoms. The molecule has 0 fully saturated rings. The standard InChI is InChI=1S/C5H10NO.Y/c1-3-5(7)4-6-2;/h3-4H2,1-2H3;/q-1;. The topological polar surface area (TPSA) is 31.2 Å². The molecule has 0 unspecified atom stereocenters. The monoisotopic (exact) mass is 189 g/mol. The number of ketones is 1. The van der Waals surface area contributed by atoms with Crippen LogP contribution < -0.4 is 0 Å². The van der Waals surface area contributed by atoms with Gasteiger partial charge in [0.25, 0.3) is 0 Å². The molecular weight excluding hydrogens is 179 g/mol. The van der Waals surface area contributed by atoms with Crippen molar-refractivity contribution in [3.8, 4) is 0 Å². The minimum atomic E-state index is 0. The second-order valence-electron chi connectivity index (χ2n) is 1.37. The van der Waals surface area contributed by atoms with Crippen molar-refractivity contribution in [1.82, 2.24) is 0 Å². The molecule has 0 saturated heterocycles. The van der Waals surface area contributed by atoms with Gasteiger partial charge < -0.3 is 10.1 Å². The van der Waals surface area contributed by atoms with Crippen molar-refractivity contribution in [2.75, 3.05) is 13.6 Å². The summed E-state index contributed by atoms with van der Waals surface area (Å²) in [7, 11) is 1.65. The Balaban J connectivity index is 0. The average Bonchev–Trinajstić information content (AvgIpc) is 1.68. The van der Waals surface area contributed by atoms with Crippen LogP contribution in [-0.4, -0.2) is 19.4 Å². The van der Waals surface area contributed by atoms with Gasteiger partial charge in [0.05, 0.1) is 0 Å². The molecule has 0 rings (SSSR count). The van der Waals surface area contributed by atoms with E-state index >= 15 is 0 Å². The van der Waals surface area contributed by atoms with E-state index in [2.05, 4.69) is 5.32 Å². The summed E-state index contributed by atoms with van der Waals surface area (Å²) < 4.78 is 0.